The Morgan fingerprint density at radius 1 is 1.21 bits per heavy atom. The number of hydrogen-bond donors (Lipinski definition) is 3. The predicted molar refractivity (Wildman–Crippen MR) is 111 cm³/mol. The van der Waals surface area contributed by atoms with E-state index in [1.54, 1.807) is 19.3 Å². The van der Waals surface area contributed by atoms with Crippen molar-refractivity contribution in [3.8, 4) is 0 Å². The molecule has 7 heteroatoms. The van der Waals surface area contributed by atoms with E-state index in [4.69, 9.17) is 8.83 Å². The van der Waals surface area contributed by atoms with Crippen LogP contribution in [-0.4, -0.2) is 48.7 Å². The molecule has 0 bridgehead atoms. The highest BCUT2D eigenvalue weighted by atomic mass is 16.4. The van der Waals surface area contributed by atoms with E-state index < -0.39 is 5.60 Å². The lowest BCUT2D eigenvalue weighted by Gasteiger charge is -2.29. The second-order valence-electron chi connectivity index (χ2n) is 7.01. The minimum absolute atomic E-state index is 0.0992. The van der Waals surface area contributed by atoms with Gasteiger partial charge in [-0.25, -0.2) is 4.99 Å². The van der Waals surface area contributed by atoms with Gasteiger partial charge in [0, 0.05) is 13.1 Å². The van der Waals surface area contributed by atoms with Gasteiger partial charge in [0.25, 0.3) is 0 Å². The predicted octanol–water partition coefficient (Wildman–Crippen LogP) is 3.03. The van der Waals surface area contributed by atoms with Crippen molar-refractivity contribution in [2.75, 3.05) is 32.7 Å². The molecular formula is C21H34N4O3. The molecule has 0 saturated carbocycles. The topological polar surface area (TPSA) is 86.2 Å². The third-order valence-electron chi connectivity index (χ3n) is 4.75. The van der Waals surface area contributed by atoms with E-state index in [9.17, 15) is 5.11 Å². The van der Waals surface area contributed by atoms with Gasteiger partial charge in [0.2, 0.25) is 0 Å². The Labute approximate surface area is 167 Å². The lowest BCUT2D eigenvalue weighted by molar-refractivity contribution is 0.0428. The van der Waals surface area contributed by atoms with Crippen LogP contribution in [0, 0.1) is 6.92 Å². The van der Waals surface area contributed by atoms with Gasteiger partial charge in [-0.15, -0.1) is 0 Å². The summed E-state index contributed by atoms with van der Waals surface area (Å²) in [5, 5.41) is 17.3. The number of furan rings is 2. The highest BCUT2D eigenvalue weighted by Gasteiger charge is 2.27. The van der Waals surface area contributed by atoms with Crippen molar-refractivity contribution in [2.24, 2.45) is 4.99 Å². The van der Waals surface area contributed by atoms with E-state index in [0.717, 1.165) is 31.2 Å². The lowest BCUT2D eigenvalue weighted by atomic mass is 10.0. The fraction of sp³-hybridized carbons (Fsp3) is 0.571. The molecule has 0 fully saturated rings. The van der Waals surface area contributed by atoms with Crippen LogP contribution in [0.3, 0.4) is 0 Å². The first-order chi connectivity index (χ1) is 13.4. The molecule has 0 aliphatic carbocycles. The Morgan fingerprint density at radius 3 is 2.50 bits per heavy atom. The fourth-order valence-electron chi connectivity index (χ4n) is 3.12. The van der Waals surface area contributed by atoms with Gasteiger partial charge >= 0.3 is 0 Å². The average Bonchev–Trinajstić information content (AvgIpc) is 3.35. The first-order valence-electron chi connectivity index (χ1n) is 10.00. The first-order valence-corrected chi connectivity index (χ1v) is 10.00. The zero-order valence-corrected chi connectivity index (χ0v) is 17.7. The van der Waals surface area contributed by atoms with E-state index in [-0.39, 0.29) is 12.6 Å². The number of guanidine groups is 1. The minimum atomic E-state index is -1.17. The Hall–Kier alpha value is -2.25. The zero-order valence-electron chi connectivity index (χ0n) is 17.7. The number of likely N-dealkylation sites (N-methyl/N-ethyl adjacent to an activating group) is 1. The summed E-state index contributed by atoms with van der Waals surface area (Å²) < 4.78 is 11.2. The van der Waals surface area contributed by atoms with Gasteiger partial charge in [0.1, 0.15) is 22.9 Å². The summed E-state index contributed by atoms with van der Waals surface area (Å²) in [6.45, 7) is 13.3. The second kappa shape index (κ2) is 10.3. The van der Waals surface area contributed by atoms with Crippen LogP contribution in [0.15, 0.2) is 44.4 Å². The molecule has 0 amide bonds. The normalized spacial score (nSPS) is 15.5. The molecule has 156 valence electrons. The van der Waals surface area contributed by atoms with Crippen molar-refractivity contribution in [2.45, 2.75) is 46.3 Å². The zero-order chi connectivity index (χ0) is 20.6. The van der Waals surface area contributed by atoms with Gasteiger partial charge in [-0.3, -0.25) is 4.90 Å². The lowest BCUT2D eigenvalue weighted by Crippen LogP contribution is -2.43. The summed E-state index contributed by atoms with van der Waals surface area (Å²) in [6.07, 6.45) is 1.70. The van der Waals surface area contributed by atoms with Crippen LogP contribution < -0.4 is 10.6 Å². The quantitative estimate of drug-likeness (QED) is 0.427. The molecule has 0 saturated heterocycles. The van der Waals surface area contributed by atoms with E-state index >= 15 is 0 Å². The first kappa shape index (κ1) is 22.0. The second-order valence-corrected chi connectivity index (χ2v) is 7.01. The Kier molecular flexibility index (Phi) is 8.14. The van der Waals surface area contributed by atoms with Crippen LogP contribution in [0.2, 0.25) is 0 Å². The molecule has 7 nitrogen and oxygen atoms in total. The maximum Gasteiger partial charge on any atom is 0.191 e. The number of aryl methyl sites for hydroxylation is 1. The standard InChI is InChI=1S/C21H34N4O3/c1-6-22-20(24-15-21(5,26)19-12-11-16(4)28-19)23-14-17(25(7-2)8-3)18-10-9-13-27-18/h9-13,17,26H,6-8,14-15H2,1-5H3,(H2,22,23,24). The van der Waals surface area contributed by atoms with Crippen molar-refractivity contribution in [3.05, 3.63) is 47.8 Å². The third-order valence-corrected chi connectivity index (χ3v) is 4.75. The van der Waals surface area contributed by atoms with E-state index in [2.05, 4.69) is 34.4 Å². The van der Waals surface area contributed by atoms with Crippen LogP contribution in [0.1, 0.15) is 51.0 Å². The smallest absolute Gasteiger partial charge is 0.191 e. The molecule has 0 aromatic carbocycles. The number of hydrogen-bond acceptors (Lipinski definition) is 5. The summed E-state index contributed by atoms with van der Waals surface area (Å²) in [5.41, 5.74) is -1.17. The minimum Gasteiger partial charge on any atom is -0.468 e. The van der Waals surface area contributed by atoms with Crippen molar-refractivity contribution < 1.29 is 13.9 Å². The summed E-state index contributed by atoms with van der Waals surface area (Å²) in [4.78, 5) is 6.90. The third kappa shape index (κ3) is 5.87. The van der Waals surface area contributed by atoms with Crippen molar-refractivity contribution >= 4 is 5.96 Å². The summed E-state index contributed by atoms with van der Waals surface area (Å²) in [5.74, 6) is 2.85. The molecular weight excluding hydrogens is 356 g/mol. The number of aliphatic hydroxyl groups is 1. The highest BCUT2D eigenvalue weighted by molar-refractivity contribution is 5.79. The molecule has 2 unspecified atom stereocenters. The molecule has 2 aromatic rings. The molecule has 0 aliphatic heterocycles. The van der Waals surface area contributed by atoms with Crippen LogP contribution in [0.5, 0.6) is 0 Å². The number of nitrogens with one attached hydrogen (secondary N) is 2. The van der Waals surface area contributed by atoms with Crippen LogP contribution in [0.4, 0.5) is 0 Å². The van der Waals surface area contributed by atoms with Crippen molar-refractivity contribution in [1.82, 2.24) is 15.5 Å². The van der Waals surface area contributed by atoms with Gasteiger partial charge in [-0.05, 0) is 58.1 Å². The fourth-order valence-corrected chi connectivity index (χ4v) is 3.12. The Bertz CT molecular complexity index is 718. The molecule has 0 radical (unpaired) electrons. The Morgan fingerprint density at radius 2 is 1.96 bits per heavy atom. The molecule has 0 aliphatic rings. The average molecular weight is 391 g/mol. The van der Waals surface area contributed by atoms with Crippen molar-refractivity contribution in [3.63, 3.8) is 0 Å². The summed E-state index contributed by atoms with van der Waals surface area (Å²) >= 11 is 0. The molecule has 2 aromatic heterocycles. The monoisotopic (exact) mass is 390 g/mol. The largest absolute Gasteiger partial charge is 0.468 e. The van der Waals surface area contributed by atoms with Crippen LogP contribution in [0.25, 0.3) is 0 Å². The molecule has 0 spiro atoms. The van der Waals surface area contributed by atoms with Crippen LogP contribution in [-0.2, 0) is 5.60 Å². The van der Waals surface area contributed by atoms with Gasteiger partial charge in [0.15, 0.2) is 5.96 Å². The highest BCUT2D eigenvalue weighted by Crippen LogP contribution is 2.23. The molecule has 2 heterocycles. The number of rotatable bonds is 10. The van der Waals surface area contributed by atoms with Gasteiger partial charge < -0.3 is 24.6 Å². The van der Waals surface area contributed by atoms with E-state index in [0.29, 0.717) is 18.3 Å². The summed E-state index contributed by atoms with van der Waals surface area (Å²) in [6, 6.07) is 7.64. The van der Waals surface area contributed by atoms with Crippen LogP contribution >= 0.6 is 0 Å². The van der Waals surface area contributed by atoms with Crippen molar-refractivity contribution in [1.29, 1.82) is 0 Å². The maximum absolute atomic E-state index is 10.7. The van der Waals surface area contributed by atoms with E-state index in [1.807, 2.05) is 32.0 Å². The number of nitrogens with zero attached hydrogens (tertiary/aromatic N) is 2. The Balaban J connectivity index is 2.08. The number of aliphatic imine (C=N–C) groups is 1. The summed E-state index contributed by atoms with van der Waals surface area (Å²) in [7, 11) is 0. The molecule has 28 heavy (non-hydrogen) atoms. The molecule has 3 N–H and O–H groups in total. The van der Waals surface area contributed by atoms with Gasteiger partial charge in [0.05, 0.1) is 18.8 Å². The SMILES string of the molecule is CCNC(=NCC(C)(O)c1ccc(C)o1)NCC(c1ccco1)N(CC)CC. The molecule has 2 rings (SSSR count). The van der Waals surface area contributed by atoms with E-state index in [1.165, 1.54) is 0 Å². The van der Waals surface area contributed by atoms with Gasteiger partial charge in [-0.1, -0.05) is 13.8 Å². The van der Waals surface area contributed by atoms with Gasteiger partial charge in [-0.2, -0.15) is 0 Å². The maximum atomic E-state index is 10.7. The molecule has 2 atom stereocenters.